The first kappa shape index (κ1) is 18.5. The number of carbonyl (C=O) groups excluding carboxylic acids is 1. The number of nitrogens with zero attached hydrogens (tertiary/aromatic N) is 3. The molecule has 1 heterocycles. The molecule has 5 nitrogen and oxygen atoms in total. The lowest BCUT2D eigenvalue weighted by Gasteiger charge is -2.24. The standard InChI is InChI=1S/C13H26N4O.HI/c1-5-11(2)15-13(17-8-6-7-9-17)14-10-12(18)16(3)4;/h11H,5-10H2,1-4H3,(H,14,15);1H. The number of aliphatic imine (C=N–C) groups is 1. The Morgan fingerprint density at radius 2 is 1.95 bits per heavy atom. The van der Waals surface area contributed by atoms with Crippen molar-refractivity contribution in [1.82, 2.24) is 15.1 Å². The molecule has 1 fully saturated rings. The van der Waals surface area contributed by atoms with Crippen LogP contribution in [0.25, 0.3) is 0 Å². The van der Waals surface area contributed by atoms with Gasteiger partial charge in [-0.3, -0.25) is 4.79 Å². The third-order valence-electron chi connectivity index (χ3n) is 3.26. The van der Waals surface area contributed by atoms with Gasteiger partial charge in [0.2, 0.25) is 5.91 Å². The predicted octanol–water partition coefficient (Wildman–Crippen LogP) is 1.53. The number of nitrogens with one attached hydrogen (secondary N) is 1. The van der Waals surface area contributed by atoms with Crippen molar-refractivity contribution >= 4 is 35.8 Å². The molecule has 1 amide bonds. The summed E-state index contributed by atoms with van der Waals surface area (Å²) >= 11 is 0. The fourth-order valence-electron chi connectivity index (χ4n) is 1.77. The van der Waals surface area contributed by atoms with E-state index >= 15 is 0 Å². The first-order valence-electron chi connectivity index (χ1n) is 6.80. The van der Waals surface area contributed by atoms with Gasteiger partial charge < -0.3 is 15.1 Å². The summed E-state index contributed by atoms with van der Waals surface area (Å²) < 4.78 is 0. The molecule has 0 aromatic carbocycles. The molecular formula is C13H27IN4O. The normalized spacial score (nSPS) is 16.8. The second kappa shape index (κ2) is 9.39. The molecule has 0 radical (unpaired) electrons. The predicted molar refractivity (Wildman–Crippen MR) is 90.1 cm³/mol. The third kappa shape index (κ3) is 6.44. The van der Waals surface area contributed by atoms with Crippen LogP contribution < -0.4 is 5.32 Å². The highest BCUT2D eigenvalue weighted by Gasteiger charge is 2.17. The van der Waals surface area contributed by atoms with E-state index in [1.165, 1.54) is 12.8 Å². The van der Waals surface area contributed by atoms with Crippen LogP contribution in [0.1, 0.15) is 33.1 Å². The summed E-state index contributed by atoms with van der Waals surface area (Å²) in [5.41, 5.74) is 0. The molecule has 1 rings (SSSR count). The minimum absolute atomic E-state index is 0. The van der Waals surface area contributed by atoms with Crippen molar-refractivity contribution in [3.63, 3.8) is 0 Å². The van der Waals surface area contributed by atoms with E-state index < -0.39 is 0 Å². The van der Waals surface area contributed by atoms with E-state index in [1.54, 1.807) is 19.0 Å². The van der Waals surface area contributed by atoms with Crippen molar-refractivity contribution in [3.05, 3.63) is 0 Å². The van der Waals surface area contributed by atoms with E-state index in [-0.39, 0.29) is 36.4 Å². The van der Waals surface area contributed by atoms with Gasteiger partial charge in [0, 0.05) is 33.2 Å². The fourth-order valence-corrected chi connectivity index (χ4v) is 1.77. The maximum absolute atomic E-state index is 11.6. The molecule has 112 valence electrons. The van der Waals surface area contributed by atoms with Crippen molar-refractivity contribution in [2.24, 2.45) is 4.99 Å². The molecule has 1 saturated heterocycles. The lowest BCUT2D eigenvalue weighted by Crippen LogP contribution is -2.44. The zero-order valence-electron chi connectivity index (χ0n) is 12.5. The van der Waals surface area contributed by atoms with Gasteiger partial charge in [-0.2, -0.15) is 0 Å². The number of guanidine groups is 1. The quantitative estimate of drug-likeness (QED) is 0.456. The number of hydrogen-bond donors (Lipinski definition) is 1. The van der Waals surface area contributed by atoms with Crippen LogP contribution in [0.2, 0.25) is 0 Å². The number of halogens is 1. The summed E-state index contributed by atoms with van der Waals surface area (Å²) in [4.78, 5) is 19.9. The largest absolute Gasteiger partial charge is 0.354 e. The van der Waals surface area contributed by atoms with Gasteiger partial charge in [0.15, 0.2) is 5.96 Å². The Labute approximate surface area is 133 Å². The van der Waals surface area contributed by atoms with Crippen molar-refractivity contribution in [2.45, 2.75) is 39.2 Å². The summed E-state index contributed by atoms with van der Waals surface area (Å²) in [6.45, 7) is 6.59. The highest BCUT2D eigenvalue weighted by Crippen LogP contribution is 2.08. The Kier molecular flexibility index (Phi) is 9.12. The molecule has 0 saturated carbocycles. The SMILES string of the molecule is CCC(C)NC(=NCC(=O)N(C)C)N1CCCC1.I. The van der Waals surface area contributed by atoms with Crippen LogP contribution in [0.5, 0.6) is 0 Å². The van der Waals surface area contributed by atoms with Crippen LogP contribution in [0.4, 0.5) is 0 Å². The number of rotatable bonds is 4. The third-order valence-corrected chi connectivity index (χ3v) is 3.26. The van der Waals surface area contributed by atoms with E-state index in [1.807, 2.05) is 0 Å². The molecule has 1 aliphatic rings. The van der Waals surface area contributed by atoms with Crippen LogP contribution in [0, 0.1) is 0 Å². The zero-order valence-corrected chi connectivity index (χ0v) is 14.8. The Balaban J connectivity index is 0.00000324. The second-order valence-electron chi connectivity index (χ2n) is 5.08. The first-order valence-corrected chi connectivity index (χ1v) is 6.80. The fraction of sp³-hybridized carbons (Fsp3) is 0.846. The highest BCUT2D eigenvalue weighted by molar-refractivity contribution is 14.0. The van der Waals surface area contributed by atoms with Gasteiger partial charge in [-0.15, -0.1) is 24.0 Å². The van der Waals surface area contributed by atoms with E-state index in [0.29, 0.717) is 6.04 Å². The summed E-state index contributed by atoms with van der Waals surface area (Å²) in [7, 11) is 3.52. The Morgan fingerprint density at radius 3 is 2.42 bits per heavy atom. The molecular weight excluding hydrogens is 355 g/mol. The number of likely N-dealkylation sites (tertiary alicyclic amines) is 1. The first-order chi connectivity index (χ1) is 8.54. The topological polar surface area (TPSA) is 47.9 Å². The average molecular weight is 382 g/mol. The summed E-state index contributed by atoms with van der Waals surface area (Å²) in [5.74, 6) is 0.926. The summed E-state index contributed by atoms with van der Waals surface area (Å²) in [5, 5.41) is 3.41. The summed E-state index contributed by atoms with van der Waals surface area (Å²) in [6.07, 6.45) is 3.47. The molecule has 0 aromatic rings. The molecule has 0 aliphatic carbocycles. The molecule has 1 aliphatic heterocycles. The van der Waals surface area contributed by atoms with E-state index in [0.717, 1.165) is 25.5 Å². The van der Waals surface area contributed by atoms with Gasteiger partial charge in [0.05, 0.1) is 0 Å². The lowest BCUT2D eigenvalue weighted by molar-refractivity contribution is -0.127. The number of carbonyl (C=O) groups is 1. The van der Waals surface area contributed by atoms with Crippen molar-refractivity contribution < 1.29 is 4.79 Å². The number of likely N-dealkylation sites (N-methyl/N-ethyl adjacent to an activating group) is 1. The molecule has 0 bridgehead atoms. The van der Waals surface area contributed by atoms with Gasteiger partial charge >= 0.3 is 0 Å². The van der Waals surface area contributed by atoms with Crippen LogP contribution >= 0.6 is 24.0 Å². The van der Waals surface area contributed by atoms with E-state index in [9.17, 15) is 4.79 Å². The second-order valence-corrected chi connectivity index (χ2v) is 5.08. The molecule has 19 heavy (non-hydrogen) atoms. The van der Waals surface area contributed by atoms with Crippen molar-refractivity contribution in [3.8, 4) is 0 Å². The lowest BCUT2D eigenvalue weighted by atomic mass is 10.3. The summed E-state index contributed by atoms with van der Waals surface area (Å²) in [6, 6.07) is 0.388. The van der Waals surface area contributed by atoms with Gasteiger partial charge in [0.25, 0.3) is 0 Å². The Hall–Kier alpha value is -0.530. The van der Waals surface area contributed by atoms with Gasteiger partial charge in [0.1, 0.15) is 6.54 Å². The minimum atomic E-state index is 0. The van der Waals surface area contributed by atoms with E-state index in [2.05, 4.69) is 29.1 Å². The maximum Gasteiger partial charge on any atom is 0.243 e. The van der Waals surface area contributed by atoms with Crippen LogP contribution in [0.15, 0.2) is 4.99 Å². The number of hydrogen-bond acceptors (Lipinski definition) is 2. The van der Waals surface area contributed by atoms with Crippen LogP contribution in [-0.2, 0) is 4.79 Å². The zero-order chi connectivity index (χ0) is 13.5. The molecule has 0 spiro atoms. The van der Waals surface area contributed by atoms with Gasteiger partial charge in [-0.25, -0.2) is 4.99 Å². The van der Waals surface area contributed by atoms with Gasteiger partial charge in [-0.1, -0.05) is 6.92 Å². The monoisotopic (exact) mass is 382 g/mol. The Morgan fingerprint density at radius 1 is 1.37 bits per heavy atom. The molecule has 1 N–H and O–H groups in total. The highest BCUT2D eigenvalue weighted by atomic mass is 127. The minimum Gasteiger partial charge on any atom is -0.354 e. The molecule has 1 unspecified atom stereocenters. The van der Waals surface area contributed by atoms with Crippen LogP contribution in [0.3, 0.4) is 0 Å². The van der Waals surface area contributed by atoms with E-state index in [4.69, 9.17) is 0 Å². The molecule has 6 heteroatoms. The number of amides is 1. The maximum atomic E-state index is 11.6. The molecule has 0 aromatic heterocycles. The van der Waals surface area contributed by atoms with Gasteiger partial charge in [-0.05, 0) is 26.2 Å². The van der Waals surface area contributed by atoms with Crippen molar-refractivity contribution in [2.75, 3.05) is 33.7 Å². The smallest absolute Gasteiger partial charge is 0.243 e. The van der Waals surface area contributed by atoms with Crippen LogP contribution in [-0.4, -0.2) is 61.4 Å². The molecule has 1 atom stereocenters. The Bertz CT molecular complexity index is 301. The average Bonchev–Trinajstić information content (AvgIpc) is 2.87. The van der Waals surface area contributed by atoms with Crippen molar-refractivity contribution in [1.29, 1.82) is 0 Å².